The van der Waals surface area contributed by atoms with Crippen LogP contribution in [0.1, 0.15) is 17.7 Å². The van der Waals surface area contributed by atoms with Crippen LogP contribution in [0.25, 0.3) is 0 Å². The second-order valence-corrected chi connectivity index (χ2v) is 8.72. The van der Waals surface area contributed by atoms with Crippen molar-refractivity contribution in [3.63, 3.8) is 0 Å². The van der Waals surface area contributed by atoms with Gasteiger partial charge in [0.05, 0.1) is 18.1 Å². The zero-order valence-electron chi connectivity index (χ0n) is 16.9. The van der Waals surface area contributed by atoms with Gasteiger partial charge in [-0.1, -0.05) is 0 Å². The maximum Gasteiger partial charge on any atom is 0.255 e. The molecule has 11 heteroatoms. The van der Waals surface area contributed by atoms with Gasteiger partial charge in [-0.15, -0.1) is 0 Å². The molecule has 3 N–H and O–H groups in total. The van der Waals surface area contributed by atoms with Crippen molar-refractivity contribution in [3.05, 3.63) is 45.9 Å². The number of carbonyl (C=O) groups excluding carboxylic acids is 1. The van der Waals surface area contributed by atoms with E-state index >= 15 is 0 Å². The van der Waals surface area contributed by atoms with Gasteiger partial charge in [0.15, 0.2) is 0 Å². The number of hydrogen-bond donors (Lipinski definition) is 3. The summed E-state index contributed by atoms with van der Waals surface area (Å²) in [5, 5.41) is 2.70. The Balaban J connectivity index is 1.61. The fourth-order valence-electron chi connectivity index (χ4n) is 3.11. The molecule has 0 spiro atoms. The van der Waals surface area contributed by atoms with Crippen LogP contribution in [0, 0.1) is 6.92 Å². The van der Waals surface area contributed by atoms with Crippen LogP contribution in [0.3, 0.4) is 0 Å². The number of anilines is 2. The molecule has 0 radical (unpaired) electrons. The van der Waals surface area contributed by atoms with E-state index in [-0.39, 0.29) is 29.2 Å². The van der Waals surface area contributed by atoms with Crippen molar-refractivity contribution < 1.29 is 17.9 Å². The van der Waals surface area contributed by atoms with Crippen LogP contribution in [-0.2, 0) is 26.0 Å². The lowest BCUT2D eigenvalue weighted by molar-refractivity contribution is -0.116. The molecule has 0 bridgehead atoms. The van der Waals surface area contributed by atoms with Crippen molar-refractivity contribution in [2.75, 3.05) is 43.6 Å². The standard InChI is InChI=1S/C19H25N5O5S/c1-13-16(18(26)23-19(21-13)24-9-11-29-12-10-24)7-8-17(25)22-14-3-5-15(6-4-14)30(27,28)20-2/h3-6,20H,7-12H2,1-2H3,(H,22,25)(H,21,23,26). The number of benzene rings is 1. The maximum absolute atomic E-state index is 12.5. The van der Waals surface area contributed by atoms with Gasteiger partial charge < -0.3 is 15.0 Å². The highest BCUT2D eigenvalue weighted by Gasteiger charge is 2.17. The Kier molecular flexibility index (Phi) is 6.85. The highest BCUT2D eigenvalue weighted by molar-refractivity contribution is 7.89. The Morgan fingerprint density at radius 2 is 1.90 bits per heavy atom. The van der Waals surface area contributed by atoms with Gasteiger partial charge in [0.1, 0.15) is 0 Å². The van der Waals surface area contributed by atoms with Gasteiger partial charge in [-0.3, -0.25) is 14.6 Å². The molecule has 1 saturated heterocycles. The van der Waals surface area contributed by atoms with Crippen LogP contribution < -0.4 is 20.5 Å². The summed E-state index contributed by atoms with van der Waals surface area (Å²) in [5.41, 5.74) is 1.28. The van der Waals surface area contributed by atoms with Crippen LogP contribution in [0.2, 0.25) is 0 Å². The summed E-state index contributed by atoms with van der Waals surface area (Å²) in [6, 6.07) is 5.84. The molecule has 1 aliphatic heterocycles. The fraction of sp³-hybridized carbons (Fsp3) is 0.421. The normalized spacial score (nSPS) is 14.5. The number of sulfonamides is 1. The molecule has 2 aromatic rings. The van der Waals surface area contributed by atoms with E-state index in [4.69, 9.17) is 4.74 Å². The monoisotopic (exact) mass is 435 g/mol. The minimum atomic E-state index is -3.53. The molecular weight excluding hydrogens is 410 g/mol. The number of amides is 1. The molecule has 30 heavy (non-hydrogen) atoms. The molecule has 162 valence electrons. The molecule has 0 saturated carbocycles. The van der Waals surface area contributed by atoms with E-state index in [9.17, 15) is 18.0 Å². The largest absolute Gasteiger partial charge is 0.378 e. The highest BCUT2D eigenvalue weighted by Crippen LogP contribution is 2.15. The Hall–Kier alpha value is -2.76. The van der Waals surface area contributed by atoms with Crippen LogP contribution in [0.5, 0.6) is 0 Å². The summed E-state index contributed by atoms with van der Waals surface area (Å²) < 4.78 is 31.0. The molecule has 1 aliphatic rings. The molecule has 0 unspecified atom stereocenters. The number of carbonyl (C=O) groups is 1. The molecule has 1 aromatic carbocycles. The highest BCUT2D eigenvalue weighted by atomic mass is 32.2. The zero-order valence-corrected chi connectivity index (χ0v) is 17.7. The molecular formula is C19H25N5O5S. The summed E-state index contributed by atoms with van der Waals surface area (Å²) in [5.74, 6) is 0.237. The number of H-pyrrole nitrogens is 1. The maximum atomic E-state index is 12.5. The summed E-state index contributed by atoms with van der Waals surface area (Å²) in [6.45, 7) is 4.27. The summed E-state index contributed by atoms with van der Waals surface area (Å²) in [4.78, 5) is 34.1. The first-order chi connectivity index (χ1) is 14.3. The van der Waals surface area contributed by atoms with Crippen molar-refractivity contribution in [2.24, 2.45) is 0 Å². The predicted octanol–water partition coefficient (Wildman–Crippen LogP) is 0.394. The fourth-order valence-corrected chi connectivity index (χ4v) is 3.84. The Bertz CT molecular complexity index is 1060. The molecule has 2 heterocycles. The van der Waals surface area contributed by atoms with Gasteiger partial charge >= 0.3 is 0 Å². The Labute approximate surface area is 174 Å². The van der Waals surface area contributed by atoms with Gasteiger partial charge in [-0.2, -0.15) is 0 Å². The number of nitrogens with one attached hydrogen (secondary N) is 3. The topological polar surface area (TPSA) is 133 Å². The molecule has 1 amide bonds. The van der Waals surface area contributed by atoms with Gasteiger partial charge in [-0.05, 0) is 44.7 Å². The summed E-state index contributed by atoms with van der Waals surface area (Å²) in [7, 11) is -2.20. The first-order valence-corrected chi connectivity index (χ1v) is 11.0. The molecule has 0 atom stereocenters. The Morgan fingerprint density at radius 3 is 2.50 bits per heavy atom. The molecule has 0 aliphatic carbocycles. The third-order valence-corrected chi connectivity index (χ3v) is 6.27. The average molecular weight is 436 g/mol. The molecule has 1 aromatic heterocycles. The molecule has 10 nitrogen and oxygen atoms in total. The van der Waals surface area contributed by atoms with E-state index in [1.54, 1.807) is 6.92 Å². The lowest BCUT2D eigenvalue weighted by Crippen LogP contribution is -2.38. The zero-order chi connectivity index (χ0) is 21.7. The second-order valence-electron chi connectivity index (χ2n) is 6.83. The average Bonchev–Trinajstić information content (AvgIpc) is 2.74. The number of aryl methyl sites for hydroxylation is 1. The van der Waals surface area contributed by atoms with E-state index in [0.29, 0.717) is 49.2 Å². The molecule has 1 fully saturated rings. The van der Waals surface area contributed by atoms with Gasteiger partial charge in [0.25, 0.3) is 5.56 Å². The van der Waals surface area contributed by atoms with Crippen molar-refractivity contribution in [1.82, 2.24) is 14.7 Å². The number of ether oxygens (including phenoxy) is 1. The van der Waals surface area contributed by atoms with Crippen LogP contribution in [-0.4, -0.2) is 57.6 Å². The minimum absolute atomic E-state index is 0.0963. The predicted molar refractivity (Wildman–Crippen MR) is 112 cm³/mol. The van der Waals surface area contributed by atoms with E-state index < -0.39 is 10.0 Å². The number of nitrogens with zero attached hydrogens (tertiary/aromatic N) is 2. The van der Waals surface area contributed by atoms with Crippen LogP contribution in [0.4, 0.5) is 11.6 Å². The second kappa shape index (κ2) is 9.37. The van der Waals surface area contributed by atoms with E-state index in [1.165, 1.54) is 31.3 Å². The lowest BCUT2D eigenvalue weighted by Gasteiger charge is -2.27. The Morgan fingerprint density at radius 1 is 1.23 bits per heavy atom. The van der Waals surface area contributed by atoms with Crippen molar-refractivity contribution in [2.45, 2.75) is 24.7 Å². The first-order valence-electron chi connectivity index (χ1n) is 9.56. The summed E-state index contributed by atoms with van der Waals surface area (Å²) >= 11 is 0. The number of aromatic amines is 1. The SMILES string of the molecule is CNS(=O)(=O)c1ccc(NC(=O)CCc2c(C)nc(N3CCOCC3)[nH]c2=O)cc1. The van der Waals surface area contributed by atoms with E-state index in [1.807, 2.05) is 4.90 Å². The van der Waals surface area contributed by atoms with Crippen LogP contribution >= 0.6 is 0 Å². The van der Waals surface area contributed by atoms with Gasteiger partial charge in [-0.25, -0.2) is 18.1 Å². The number of morpholine rings is 1. The van der Waals surface area contributed by atoms with Gasteiger partial charge in [0.2, 0.25) is 21.9 Å². The number of rotatable bonds is 7. The first kappa shape index (κ1) is 21.9. The third-order valence-electron chi connectivity index (χ3n) is 4.84. The minimum Gasteiger partial charge on any atom is -0.378 e. The van der Waals surface area contributed by atoms with Crippen molar-refractivity contribution >= 4 is 27.6 Å². The third kappa shape index (κ3) is 5.23. The smallest absolute Gasteiger partial charge is 0.255 e. The van der Waals surface area contributed by atoms with Crippen molar-refractivity contribution in [3.8, 4) is 0 Å². The number of hydrogen-bond acceptors (Lipinski definition) is 7. The number of aromatic nitrogens is 2. The van der Waals surface area contributed by atoms with Gasteiger partial charge in [0, 0.05) is 36.5 Å². The van der Waals surface area contributed by atoms with Crippen LogP contribution in [0.15, 0.2) is 34.0 Å². The van der Waals surface area contributed by atoms with E-state index in [2.05, 4.69) is 20.0 Å². The lowest BCUT2D eigenvalue weighted by atomic mass is 10.1. The summed E-state index contributed by atoms with van der Waals surface area (Å²) in [6.07, 6.45) is 0.342. The van der Waals surface area contributed by atoms with Crippen molar-refractivity contribution in [1.29, 1.82) is 0 Å². The molecule has 3 rings (SSSR count). The quantitative estimate of drug-likeness (QED) is 0.573. The van der Waals surface area contributed by atoms with E-state index in [0.717, 1.165) is 0 Å².